The molecule has 4 heteroatoms. The summed E-state index contributed by atoms with van der Waals surface area (Å²) < 4.78 is 0. The average Bonchev–Trinajstić information content (AvgIpc) is 2.98. The van der Waals surface area contributed by atoms with Gasteiger partial charge in [-0.3, -0.25) is 10.1 Å². The van der Waals surface area contributed by atoms with Crippen molar-refractivity contribution in [3.8, 4) is 0 Å². The molecular weight excluding hydrogens is 216 g/mol. The number of aryl methyl sites for hydroxylation is 1. The van der Waals surface area contributed by atoms with Gasteiger partial charge in [-0.1, -0.05) is 0 Å². The second-order valence-electron chi connectivity index (χ2n) is 5.38. The summed E-state index contributed by atoms with van der Waals surface area (Å²) in [5, 5.41) is 14.2. The van der Waals surface area contributed by atoms with Crippen molar-refractivity contribution in [2.24, 2.45) is 5.92 Å². The number of nitro benzene ring substituents is 1. The molecule has 1 N–H and O–H groups in total. The zero-order valence-corrected chi connectivity index (χ0v) is 10.5. The molecule has 4 nitrogen and oxygen atoms in total. The number of benzene rings is 1. The van der Waals surface area contributed by atoms with Crippen molar-refractivity contribution in [1.29, 1.82) is 0 Å². The number of rotatable bonds is 4. The SMILES string of the molecule is Cc1cc(NC(C)(C)C2CC2)ccc1[N+](=O)[O-]. The molecule has 1 fully saturated rings. The van der Waals surface area contributed by atoms with Crippen LogP contribution >= 0.6 is 0 Å². The Balaban J connectivity index is 2.17. The lowest BCUT2D eigenvalue weighted by Crippen LogP contribution is -2.33. The van der Waals surface area contributed by atoms with Crippen LogP contribution in [0.3, 0.4) is 0 Å². The van der Waals surface area contributed by atoms with E-state index in [1.54, 1.807) is 19.1 Å². The Morgan fingerprint density at radius 3 is 2.53 bits per heavy atom. The lowest BCUT2D eigenvalue weighted by Gasteiger charge is -2.27. The first kappa shape index (κ1) is 11.9. The molecule has 1 saturated carbocycles. The van der Waals surface area contributed by atoms with Gasteiger partial charge in [0, 0.05) is 22.9 Å². The van der Waals surface area contributed by atoms with Gasteiger partial charge in [-0.2, -0.15) is 0 Å². The summed E-state index contributed by atoms with van der Waals surface area (Å²) in [6, 6.07) is 5.21. The second-order valence-corrected chi connectivity index (χ2v) is 5.38. The molecule has 0 atom stereocenters. The van der Waals surface area contributed by atoms with Crippen molar-refractivity contribution < 1.29 is 4.92 Å². The first-order chi connectivity index (χ1) is 7.90. The Morgan fingerprint density at radius 2 is 2.06 bits per heavy atom. The monoisotopic (exact) mass is 234 g/mol. The summed E-state index contributed by atoms with van der Waals surface area (Å²) in [5.41, 5.74) is 1.92. The maximum Gasteiger partial charge on any atom is 0.272 e. The van der Waals surface area contributed by atoms with E-state index >= 15 is 0 Å². The zero-order chi connectivity index (χ0) is 12.6. The Labute approximate surface area is 101 Å². The van der Waals surface area contributed by atoms with E-state index in [0.717, 1.165) is 11.6 Å². The minimum atomic E-state index is -0.342. The Bertz CT molecular complexity index is 451. The van der Waals surface area contributed by atoms with Crippen molar-refractivity contribution in [2.45, 2.75) is 39.2 Å². The van der Waals surface area contributed by atoms with Crippen LogP contribution in [0.25, 0.3) is 0 Å². The van der Waals surface area contributed by atoms with Crippen molar-refractivity contribution in [2.75, 3.05) is 5.32 Å². The summed E-state index contributed by atoms with van der Waals surface area (Å²) in [5.74, 6) is 0.720. The largest absolute Gasteiger partial charge is 0.380 e. The maximum absolute atomic E-state index is 10.7. The predicted molar refractivity (Wildman–Crippen MR) is 68.3 cm³/mol. The van der Waals surface area contributed by atoms with Gasteiger partial charge in [0.1, 0.15) is 0 Å². The van der Waals surface area contributed by atoms with Gasteiger partial charge >= 0.3 is 0 Å². The number of anilines is 1. The predicted octanol–water partition coefficient (Wildman–Crippen LogP) is 3.50. The highest BCUT2D eigenvalue weighted by atomic mass is 16.6. The van der Waals surface area contributed by atoms with Crippen LogP contribution in [-0.4, -0.2) is 10.5 Å². The topological polar surface area (TPSA) is 55.2 Å². The molecule has 0 unspecified atom stereocenters. The molecule has 1 aliphatic carbocycles. The number of hydrogen-bond donors (Lipinski definition) is 1. The minimum Gasteiger partial charge on any atom is -0.380 e. The maximum atomic E-state index is 10.7. The van der Waals surface area contributed by atoms with Gasteiger partial charge in [-0.15, -0.1) is 0 Å². The molecule has 0 aromatic heterocycles. The summed E-state index contributed by atoms with van der Waals surface area (Å²) >= 11 is 0. The first-order valence-electron chi connectivity index (χ1n) is 5.93. The van der Waals surface area contributed by atoms with Crippen LogP contribution in [-0.2, 0) is 0 Å². The molecule has 17 heavy (non-hydrogen) atoms. The molecule has 1 aliphatic rings. The molecular formula is C13H18N2O2. The fourth-order valence-electron chi connectivity index (χ4n) is 2.22. The van der Waals surface area contributed by atoms with Crippen LogP contribution < -0.4 is 5.32 Å². The highest BCUT2D eigenvalue weighted by molar-refractivity contribution is 5.54. The molecule has 0 bridgehead atoms. The van der Waals surface area contributed by atoms with Gasteiger partial charge < -0.3 is 5.32 Å². The third kappa shape index (κ3) is 2.57. The van der Waals surface area contributed by atoms with Gasteiger partial charge in [0.25, 0.3) is 5.69 Å². The van der Waals surface area contributed by atoms with Crippen molar-refractivity contribution in [3.63, 3.8) is 0 Å². The van der Waals surface area contributed by atoms with Gasteiger partial charge in [0.2, 0.25) is 0 Å². The lowest BCUT2D eigenvalue weighted by atomic mass is 9.98. The summed E-state index contributed by atoms with van der Waals surface area (Å²) in [6.45, 7) is 6.14. The Hall–Kier alpha value is -1.58. The fraction of sp³-hybridized carbons (Fsp3) is 0.538. The van der Waals surface area contributed by atoms with Gasteiger partial charge in [0.15, 0.2) is 0 Å². The van der Waals surface area contributed by atoms with Gasteiger partial charge in [0.05, 0.1) is 4.92 Å². The quantitative estimate of drug-likeness (QED) is 0.640. The minimum absolute atomic E-state index is 0.0720. The van der Waals surface area contributed by atoms with E-state index in [1.165, 1.54) is 12.8 Å². The smallest absolute Gasteiger partial charge is 0.272 e. The summed E-state index contributed by atoms with van der Waals surface area (Å²) in [4.78, 5) is 10.4. The molecule has 0 spiro atoms. The van der Waals surface area contributed by atoms with E-state index < -0.39 is 0 Å². The number of nitrogens with zero attached hydrogens (tertiary/aromatic N) is 1. The van der Waals surface area contributed by atoms with E-state index in [1.807, 2.05) is 6.07 Å². The molecule has 92 valence electrons. The van der Waals surface area contributed by atoms with E-state index in [0.29, 0.717) is 5.56 Å². The van der Waals surface area contributed by atoms with E-state index in [2.05, 4.69) is 19.2 Å². The molecule has 0 amide bonds. The van der Waals surface area contributed by atoms with Gasteiger partial charge in [-0.25, -0.2) is 0 Å². The number of nitrogens with one attached hydrogen (secondary N) is 1. The Morgan fingerprint density at radius 1 is 1.41 bits per heavy atom. The van der Waals surface area contributed by atoms with Crippen LogP contribution in [0, 0.1) is 23.0 Å². The molecule has 1 aromatic rings. The van der Waals surface area contributed by atoms with Gasteiger partial charge in [-0.05, 0) is 51.7 Å². The zero-order valence-electron chi connectivity index (χ0n) is 10.5. The third-order valence-corrected chi connectivity index (χ3v) is 3.46. The summed E-state index contributed by atoms with van der Waals surface area (Å²) in [6.07, 6.45) is 2.54. The fourth-order valence-corrected chi connectivity index (χ4v) is 2.22. The average molecular weight is 234 g/mol. The number of nitro groups is 1. The highest BCUT2D eigenvalue weighted by Crippen LogP contribution is 2.41. The molecule has 0 aliphatic heterocycles. The van der Waals surface area contributed by atoms with Crippen LogP contribution in [0.15, 0.2) is 18.2 Å². The number of hydrogen-bond acceptors (Lipinski definition) is 3. The third-order valence-electron chi connectivity index (χ3n) is 3.46. The van der Waals surface area contributed by atoms with E-state index in [9.17, 15) is 10.1 Å². The van der Waals surface area contributed by atoms with Crippen LogP contribution in [0.1, 0.15) is 32.3 Å². The van der Waals surface area contributed by atoms with Crippen molar-refractivity contribution in [1.82, 2.24) is 0 Å². The van der Waals surface area contributed by atoms with Crippen LogP contribution in [0.4, 0.5) is 11.4 Å². The molecule has 0 radical (unpaired) electrons. The standard InChI is InChI=1S/C13H18N2O2/c1-9-8-11(6-7-12(9)15(16)17)14-13(2,3)10-4-5-10/h6-8,10,14H,4-5H2,1-3H3. The van der Waals surface area contributed by atoms with E-state index in [-0.39, 0.29) is 16.1 Å². The van der Waals surface area contributed by atoms with Crippen LogP contribution in [0.2, 0.25) is 0 Å². The Kier molecular flexibility index (Phi) is 2.81. The molecule has 1 aromatic carbocycles. The van der Waals surface area contributed by atoms with Crippen molar-refractivity contribution >= 4 is 11.4 Å². The molecule has 2 rings (SSSR count). The van der Waals surface area contributed by atoms with E-state index in [4.69, 9.17) is 0 Å². The molecule has 0 saturated heterocycles. The first-order valence-corrected chi connectivity index (χ1v) is 5.93. The highest BCUT2D eigenvalue weighted by Gasteiger charge is 2.37. The normalized spacial score (nSPS) is 15.7. The summed E-state index contributed by atoms with van der Waals surface area (Å²) in [7, 11) is 0. The molecule has 0 heterocycles. The van der Waals surface area contributed by atoms with Crippen molar-refractivity contribution in [3.05, 3.63) is 33.9 Å². The second kappa shape index (κ2) is 4.02. The van der Waals surface area contributed by atoms with Crippen LogP contribution in [0.5, 0.6) is 0 Å². The lowest BCUT2D eigenvalue weighted by molar-refractivity contribution is -0.385.